The fraction of sp³-hybridized carbons (Fsp3) is 0.423. The molecule has 3 aliphatic rings. The van der Waals surface area contributed by atoms with Crippen LogP contribution in [0, 0.1) is 0 Å². The van der Waals surface area contributed by atoms with Crippen LogP contribution in [-0.2, 0) is 14.2 Å². The SMILES string of the molecule is O=c1c(O[C@@H]2OC(CO[C@@H]3OC4[C@H](O)C4(O)C3O)[C@@H](O)C(O)C2O)c(-c2ccc(O)c(O)c2)oc2cc(O)cc(O)c12. The van der Waals surface area contributed by atoms with Crippen LogP contribution in [0.25, 0.3) is 22.3 Å². The molecule has 1 aliphatic carbocycles. The zero-order chi connectivity index (χ0) is 30.2. The van der Waals surface area contributed by atoms with E-state index in [4.69, 9.17) is 23.4 Å². The van der Waals surface area contributed by atoms with E-state index in [0.29, 0.717) is 0 Å². The van der Waals surface area contributed by atoms with E-state index in [-0.39, 0.29) is 11.1 Å². The molecule has 0 amide bonds. The number of fused-ring (bicyclic) bond motifs is 2. The van der Waals surface area contributed by atoms with E-state index in [1.165, 1.54) is 6.07 Å². The van der Waals surface area contributed by atoms with E-state index in [9.17, 15) is 55.9 Å². The lowest BCUT2D eigenvalue weighted by Gasteiger charge is -2.40. The van der Waals surface area contributed by atoms with Gasteiger partial charge in [-0.25, -0.2) is 0 Å². The second-order valence-corrected chi connectivity index (χ2v) is 10.3. The molecule has 2 aliphatic heterocycles. The molecule has 0 bridgehead atoms. The van der Waals surface area contributed by atoms with E-state index in [2.05, 4.69) is 0 Å². The number of rotatable bonds is 6. The van der Waals surface area contributed by atoms with Crippen LogP contribution in [0.3, 0.4) is 0 Å². The summed E-state index contributed by atoms with van der Waals surface area (Å²) in [5.41, 5.74) is -3.25. The van der Waals surface area contributed by atoms with Gasteiger partial charge in [-0.1, -0.05) is 0 Å². The van der Waals surface area contributed by atoms with Crippen molar-refractivity contribution in [1.29, 1.82) is 0 Å². The van der Waals surface area contributed by atoms with Crippen molar-refractivity contribution < 1.29 is 74.4 Å². The summed E-state index contributed by atoms with van der Waals surface area (Å²) in [6.45, 7) is -0.587. The molecule has 10 atom stereocenters. The minimum absolute atomic E-state index is 0.0287. The van der Waals surface area contributed by atoms with Gasteiger partial charge in [0.15, 0.2) is 29.2 Å². The monoisotopic (exact) mass is 594 g/mol. The molecular weight excluding hydrogens is 568 g/mol. The Morgan fingerprint density at radius 2 is 1.55 bits per heavy atom. The molecule has 6 rings (SSSR count). The Morgan fingerprint density at radius 3 is 2.21 bits per heavy atom. The summed E-state index contributed by atoms with van der Waals surface area (Å²) in [4.78, 5) is 13.5. The second-order valence-electron chi connectivity index (χ2n) is 10.3. The van der Waals surface area contributed by atoms with Gasteiger partial charge in [0.25, 0.3) is 0 Å². The zero-order valence-electron chi connectivity index (χ0n) is 21.2. The molecular formula is C26H26O16. The first kappa shape index (κ1) is 28.4. The predicted molar refractivity (Wildman–Crippen MR) is 133 cm³/mol. The van der Waals surface area contributed by atoms with E-state index < -0.39 is 113 Å². The van der Waals surface area contributed by atoms with Crippen LogP contribution in [0.2, 0.25) is 0 Å². The van der Waals surface area contributed by atoms with Crippen LogP contribution in [0.4, 0.5) is 0 Å². The number of phenols is 4. The summed E-state index contributed by atoms with van der Waals surface area (Å²) in [5.74, 6) is -3.32. The summed E-state index contributed by atoms with van der Waals surface area (Å²) in [5, 5.41) is 101. The average molecular weight is 594 g/mol. The molecule has 3 heterocycles. The van der Waals surface area contributed by atoms with Gasteiger partial charge in [0.1, 0.15) is 65.2 Å². The van der Waals surface area contributed by atoms with E-state index in [1.807, 2.05) is 0 Å². The highest BCUT2D eigenvalue weighted by molar-refractivity contribution is 5.88. The quantitative estimate of drug-likeness (QED) is 0.134. The van der Waals surface area contributed by atoms with Crippen molar-refractivity contribution in [2.75, 3.05) is 6.61 Å². The molecule has 16 nitrogen and oxygen atoms in total. The van der Waals surface area contributed by atoms with Crippen LogP contribution in [0.1, 0.15) is 0 Å². The van der Waals surface area contributed by atoms with Gasteiger partial charge in [-0.2, -0.15) is 0 Å². The molecule has 6 unspecified atom stereocenters. The maximum Gasteiger partial charge on any atom is 0.239 e. The van der Waals surface area contributed by atoms with Crippen LogP contribution >= 0.6 is 0 Å². The Labute approximate surface area is 234 Å². The summed E-state index contributed by atoms with van der Waals surface area (Å²) in [7, 11) is 0. The first-order chi connectivity index (χ1) is 19.8. The van der Waals surface area contributed by atoms with E-state index >= 15 is 0 Å². The smallest absolute Gasteiger partial charge is 0.239 e. The fourth-order valence-corrected chi connectivity index (χ4v) is 5.13. The van der Waals surface area contributed by atoms with Crippen molar-refractivity contribution >= 4 is 11.0 Å². The van der Waals surface area contributed by atoms with Gasteiger partial charge in [0, 0.05) is 17.7 Å². The van der Waals surface area contributed by atoms with Gasteiger partial charge in [-0.3, -0.25) is 4.79 Å². The number of hydrogen-bond donors (Lipinski definition) is 10. The number of ether oxygens (including phenoxy) is 4. The van der Waals surface area contributed by atoms with Crippen molar-refractivity contribution in [2.24, 2.45) is 0 Å². The summed E-state index contributed by atoms with van der Waals surface area (Å²) < 4.78 is 27.6. The third-order valence-corrected chi connectivity index (χ3v) is 7.60. The topological polar surface area (TPSA) is 269 Å². The number of hydrogen-bond acceptors (Lipinski definition) is 16. The fourth-order valence-electron chi connectivity index (χ4n) is 5.13. The van der Waals surface area contributed by atoms with Gasteiger partial charge in [-0.15, -0.1) is 0 Å². The Hall–Kier alpha value is -3.71. The van der Waals surface area contributed by atoms with Crippen LogP contribution in [0.15, 0.2) is 39.5 Å². The maximum absolute atomic E-state index is 13.5. The Morgan fingerprint density at radius 1 is 0.810 bits per heavy atom. The molecule has 42 heavy (non-hydrogen) atoms. The number of aliphatic hydroxyl groups is 6. The van der Waals surface area contributed by atoms with Crippen molar-refractivity contribution in [3.63, 3.8) is 0 Å². The minimum Gasteiger partial charge on any atom is -0.508 e. The summed E-state index contributed by atoms with van der Waals surface area (Å²) in [6, 6.07) is 5.24. The van der Waals surface area contributed by atoms with Gasteiger partial charge in [0.2, 0.25) is 17.5 Å². The molecule has 1 aromatic heterocycles. The van der Waals surface area contributed by atoms with Gasteiger partial charge >= 0.3 is 0 Å². The highest BCUT2D eigenvalue weighted by Crippen LogP contribution is 2.50. The highest BCUT2D eigenvalue weighted by Gasteiger charge is 2.76. The molecule has 16 heteroatoms. The molecule has 2 saturated heterocycles. The Kier molecular flexibility index (Phi) is 6.72. The third-order valence-electron chi connectivity index (χ3n) is 7.60. The van der Waals surface area contributed by atoms with Crippen molar-refractivity contribution in [2.45, 2.75) is 60.9 Å². The average Bonchev–Trinajstić information content (AvgIpc) is 3.35. The third kappa shape index (κ3) is 4.32. The first-order valence-electron chi connectivity index (χ1n) is 12.6. The van der Waals surface area contributed by atoms with Crippen molar-refractivity contribution in [3.8, 4) is 40.1 Å². The molecule has 1 saturated carbocycles. The summed E-state index contributed by atoms with van der Waals surface area (Å²) >= 11 is 0. The van der Waals surface area contributed by atoms with Crippen LogP contribution < -0.4 is 10.2 Å². The van der Waals surface area contributed by atoms with Gasteiger partial charge in [0.05, 0.1) is 6.61 Å². The minimum atomic E-state index is -1.96. The Bertz CT molecular complexity index is 1590. The second kappa shape index (κ2) is 9.94. The van der Waals surface area contributed by atoms with Crippen LogP contribution in [0.5, 0.6) is 28.7 Å². The highest BCUT2D eigenvalue weighted by atomic mass is 16.7. The molecule has 0 radical (unpaired) electrons. The molecule has 2 aromatic carbocycles. The van der Waals surface area contributed by atoms with Gasteiger partial charge < -0.3 is 74.4 Å². The van der Waals surface area contributed by atoms with E-state index in [0.717, 1.165) is 24.3 Å². The number of aromatic hydroxyl groups is 4. The zero-order valence-corrected chi connectivity index (χ0v) is 21.2. The van der Waals surface area contributed by atoms with Crippen molar-refractivity contribution in [1.82, 2.24) is 0 Å². The number of aliphatic hydroxyl groups excluding tert-OH is 5. The molecule has 226 valence electrons. The molecule has 3 aromatic rings. The molecule has 3 fully saturated rings. The number of benzene rings is 2. The standard InChI is InChI=1S/C26H26O16/c27-8-4-11(30)14-12(5-8)39-19(7-1-2-9(28)10(29)3-7)20(16(14)32)41-24-18(34)17(33)15(31)13(40-24)6-38-25-22(36)26(37)21(35)23(26)42-25/h1-5,13,15,17-18,21-25,27-31,33-37H,6H2/t13?,15-,17?,18?,21+,22?,23?,24+,25-,26?/m1/s1. The normalized spacial score (nSPS) is 35.7. The molecule has 0 spiro atoms. The first-order valence-corrected chi connectivity index (χ1v) is 12.6. The lowest BCUT2D eigenvalue weighted by atomic mass is 9.99. The van der Waals surface area contributed by atoms with Crippen LogP contribution in [-0.4, -0.2) is 119 Å². The lowest BCUT2D eigenvalue weighted by Crippen LogP contribution is -2.60. The Balaban J connectivity index is 1.32. The predicted octanol–water partition coefficient (Wildman–Crippen LogP) is -2.32. The van der Waals surface area contributed by atoms with Crippen molar-refractivity contribution in [3.05, 3.63) is 40.6 Å². The lowest BCUT2D eigenvalue weighted by molar-refractivity contribution is -0.291. The number of phenolic OH excluding ortho intramolecular Hbond substituents is 4. The summed E-state index contributed by atoms with van der Waals surface area (Å²) in [6.07, 6.45) is -14.4. The largest absolute Gasteiger partial charge is 0.508 e. The molecule has 10 N–H and O–H groups in total. The van der Waals surface area contributed by atoms with E-state index in [1.54, 1.807) is 0 Å². The van der Waals surface area contributed by atoms with Gasteiger partial charge in [-0.05, 0) is 18.2 Å². The maximum atomic E-state index is 13.5.